The number of hydrogen-bond acceptors (Lipinski definition) is 1. The van der Waals surface area contributed by atoms with Crippen molar-refractivity contribution in [1.82, 2.24) is 0 Å². The zero-order valence-electron chi connectivity index (χ0n) is 7.44. The van der Waals surface area contributed by atoms with Gasteiger partial charge < -0.3 is 4.74 Å². The average Bonchev–Trinajstić information content (AvgIpc) is 2.03. The summed E-state index contributed by atoms with van der Waals surface area (Å²) in [5.41, 5.74) is 2.39. The topological polar surface area (TPSA) is 9.23 Å². The molecule has 0 heterocycles. The zero-order valence-corrected chi connectivity index (χ0v) is 9.20. The van der Waals surface area contributed by atoms with Gasteiger partial charge >= 0.3 is 0 Å². The van der Waals surface area contributed by atoms with E-state index >= 15 is 0 Å². The van der Waals surface area contributed by atoms with Crippen molar-refractivity contribution in [3.05, 3.63) is 23.3 Å². The largest absolute Gasteiger partial charge is 0.496 e. The minimum Gasteiger partial charge on any atom is -0.496 e. The van der Waals surface area contributed by atoms with E-state index < -0.39 is 0 Å². The van der Waals surface area contributed by atoms with Crippen LogP contribution in [-0.2, 0) is 0 Å². The van der Waals surface area contributed by atoms with E-state index in [2.05, 4.69) is 19.1 Å². The standard InChI is InChI=1S/C9H12ClOP/c1-6-4-7(2)9(11-3)8(5-6)12-10/h4-5,12H,1-3H3. The van der Waals surface area contributed by atoms with Gasteiger partial charge in [-0.1, -0.05) is 17.3 Å². The van der Waals surface area contributed by atoms with Crippen molar-refractivity contribution in [3.63, 3.8) is 0 Å². The Kier molecular flexibility index (Phi) is 3.37. The Morgan fingerprint density at radius 1 is 1.33 bits per heavy atom. The molecule has 1 aromatic rings. The molecule has 0 radical (unpaired) electrons. The van der Waals surface area contributed by atoms with Crippen LogP contribution < -0.4 is 10.0 Å². The van der Waals surface area contributed by atoms with Gasteiger partial charge in [0.2, 0.25) is 0 Å². The van der Waals surface area contributed by atoms with Crippen LogP contribution in [0.25, 0.3) is 0 Å². The zero-order chi connectivity index (χ0) is 9.14. The van der Waals surface area contributed by atoms with Gasteiger partial charge in [-0.2, -0.15) is 0 Å². The first kappa shape index (κ1) is 9.83. The molecule has 1 unspecified atom stereocenters. The van der Waals surface area contributed by atoms with E-state index in [0.717, 1.165) is 16.6 Å². The summed E-state index contributed by atoms with van der Waals surface area (Å²) >= 11 is 5.80. The lowest BCUT2D eigenvalue weighted by molar-refractivity contribution is 0.415. The highest BCUT2D eigenvalue weighted by molar-refractivity contribution is 7.75. The molecule has 0 aliphatic carbocycles. The van der Waals surface area contributed by atoms with Crippen LogP contribution in [0.3, 0.4) is 0 Å². The van der Waals surface area contributed by atoms with Crippen LogP contribution in [0, 0.1) is 13.8 Å². The van der Waals surface area contributed by atoms with Gasteiger partial charge in [0.05, 0.1) is 7.11 Å². The van der Waals surface area contributed by atoms with Crippen LogP contribution >= 0.6 is 19.2 Å². The number of ether oxygens (including phenoxy) is 1. The summed E-state index contributed by atoms with van der Waals surface area (Å²) in [4.78, 5) is 0. The first-order valence-electron chi connectivity index (χ1n) is 3.71. The van der Waals surface area contributed by atoms with Crippen molar-refractivity contribution in [2.75, 3.05) is 7.11 Å². The fourth-order valence-electron chi connectivity index (χ4n) is 1.30. The van der Waals surface area contributed by atoms with Gasteiger partial charge in [0, 0.05) is 13.2 Å². The molecule has 0 N–H and O–H groups in total. The second-order valence-corrected chi connectivity index (χ2v) is 4.05. The molecule has 1 rings (SSSR count). The van der Waals surface area contributed by atoms with Gasteiger partial charge in [0.15, 0.2) is 0 Å². The molecule has 0 saturated carbocycles. The normalized spacial score (nSPS) is 11.0. The fourth-order valence-corrected chi connectivity index (χ4v) is 2.38. The maximum atomic E-state index is 5.80. The summed E-state index contributed by atoms with van der Waals surface area (Å²) in [6.07, 6.45) is 0. The minimum absolute atomic E-state index is 0.276. The Bertz CT molecular complexity index is 286. The number of benzene rings is 1. The quantitative estimate of drug-likeness (QED) is 0.671. The van der Waals surface area contributed by atoms with Crippen LogP contribution in [0.1, 0.15) is 11.1 Å². The molecule has 66 valence electrons. The molecule has 0 aromatic heterocycles. The van der Waals surface area contributed by atoms with Gasteiger partial charge in [-0.25, -0.2) is 0 Å². The van der Waals surface area contributed by atoms with Gasteiger partial charge in [-0.3, -0.25) is 0 Å². The van der Waals surface area contributed by atoms with E-state index in [1.54, 1.807) is 7.11 Å². The van der Waals surface area contributed by atoms with E-state index in [1.807, 2.05) is 6.92 Å². The van der Waals surface area contributed by atoms with E-state index in [-0.39, 0.29) is 7.93 Å². The second kappa shape index (κ2) is 4.11. The Morgan fingerprint density at radius 3 is 2.50 bits per heavy atom. The highest BCUT2D eigenvalue weighted by atomic mass is 35.7. The fraction of sp³-hybridized carbons (Fsp3) is 0.333. The Morgan fingerprint density at radius 2 is 2.00 bits per heavy atom. The molecule has 3 heteroatoms. The highest BCUT2D eigenvalue weighted by Gasteiger charge is 2.05. The first-order chi connectivity index (χ1) is 5.69. The Balaban J connectivity index is 3.24. The molecule has 1 nitrogen and oxygen atoms in total. The summed E-state index contributed by atoms with van der Waals surface area (Å²) in [5, 5.41) is 1.09. The second-order valence-electron chi connectivity index (χ2n) is 2.76. The molecule has 0 saturated heterocycles. The lowest BCUT2D eigenvalue weighted by atomic mass is 10.1. The van der Waals surface area contributed by atoms with E-state index in [4.69, 9.17) is 16.0 Å². The number of aryl methyl sites for hydroxylation is 2. The summed E-state index contributed by atoms with van der Waals surface area (Å²) in [5.74, 6) is 0.925. The molecule has 1 aromatic carbocycles. The van der Waals surface area contributed by atoms with Crippen molar-refractivity contribution < 1.29 is 4.74 Å². The third-order valence-electron chi connectivity index (χ3n) is 1.72. The van der Waals surface area contributed by atoms with Crippen molar-refractivity contribution in [1.29, 1.82) is 0 Å². The monoisotopic (exact) mass is 202 g/mol. The maximum Gasteiger partial charge on any atom is 0.130 e. The predicted octanol–water partition coefficient (Wildman–Crippen LogP) is 2.77. The third-order valence-corrected chi connectivity index (χ3v) is 2.91. The van der Waals surface area contributed by atoms with Crippen LogP contribution in [0.4, 0.5) is 0 Å². The van der Waals surface area contributed by atoms with Crippen molar-refractivity contribution >= 4 is 24.5 Å². The van der Waals surface area contributed by atoms with Crippen LogP contribution in [0.2, 0.25) is 0 Å². The molecule has 0 amide bonds. The lowest BCUT2D eigenvalue weighted by Crippen LogP contribution is -2.02. The summed E-state index contributed by atoms with van der Waals surface area (Å²) < 4.78 is 5.24. The smallest absolute Gasteiger partial charge is 0.130 e. The van der Waals surface area contributed by atoms with Crippen LogP contribution in [0.5, 0.6) is 5.75 Å². The first-order valence-corrected chi connectivity index (χ1v) is 5.72. The number of halogens is 1. The molecule has 1 atom stereocenters. The maximum absolute atomic E-state index is 5.80. The lowest BCUT2D eigenvalue weighted by Gasteiger charge is -2.09. The van der Waals surface area contributed by atoms with Crippen molar-refractivity contribution in [3.8, 4) is 5.75 Å². The van der Waals surface area contributed by atoms with Crippen molar-refractivity contribution in [2.24, 2.45) is 0 Å². The third kappa shape index (κ3) is 1.91. The average molecular weight is 203 g/mol. The molecule has 12 heavy (non-hydrogen) atoms. The van der Waals surface area contributed by atoms with Gasteiger partial charge in [-0.05, 0) is 31.0 Å². The van der Waals surface area contributed by atoms with Gasteiger partial charge in [0.25, 0.3) is 0 Å². The molecule has 0 fully saturated rings. The Hall–Kier alpha value is -0.260. The number of rotatable bonds is 2. The molecule has 0 aliphatic rings. The molecule has 0 spiro atoms. The molecule has 0 bridgehead atoms. The van der Waals surface area contributed by atoms with E-state index in [9.17, 15) is 0 Å². The summed E-state index contributed by atoms with van der Waals surface area (Å²) in [6, 6.07) is 4.16. The molecule has 0 aliphatic heterocycles. The minimum atomic E-state index is 0.276. The predicted molar refractivity (Wildman–Crippen MR) is 56.3 cm³/mol. The van der Waals surface area contributed by atoms with Crippen molar-refractivity contribution in [2.45, 2.75) is 13.8 Å². The number of hydrogen-bond donors (Lipinski definition) is 0. The number of methoxy groups -OCH3 is 1. The Labute approximate surface area is 79.7 Å². The van der Waals surface area contributed by atoms with E-state index in [1.165, 1.54) is 5.56 Å². The van der Waals surface area contributed by atoms with Gasteiger partial charge in [0.1, 0.15) is 5.75 Å². The molecular weight excluding hydrogens is 191 g/mol. The summed E-state index contributed by atoms with van der Waals surface area (Å²) in [6.45, 7) is 4.10. The van der Waals surface area contributed by atoms with E-state index in [0.29, 0.717) is 0 Å². The molecular formula is C9H12ClOP. The highest BCUT2D eigenvalue weighted by Crippen LogP contribution is 2.26. The van der Waals surface area contributed by atoms with Crippen LogP contribution in [-0.4, -0.2) is 7.11 Å². The summed E-state index contributed by atoms with van der Waals surface area (Å²) in [7, 11) is 1.95. The van der Waals surface area contributed by atoms with Crippen LogP contribution in [0.15, 0.2) is 12.1 Å². The van der Waals surface area contributed by atoms with Gasteiger partial charge in [-0.15, -0.1) is 0 Å². The SMILES string of the molecule is COc1c(C)cc(C)cc1PCl.